The first-order valence-electron chi connectivity index (χ1n) is 14.0. The molecular weight excluding hydrogens is 533 g/mol. The van der Waals surface area contributed by atoms with Crippen molar-refractivity contribution in [3.05, 3.63) is 103 Å². The average Bonchev–Trinajstić information content (AvgIpc) is 3.72. The summed E-state index contributed by atoms with van der Waals surface area (Å²) >= 11 is 3.24. The largest absolute Gasteiger partial charge is 0.383 e. The van der Waals surface area contributed by atoms with E-state index in [0.29, 0.717) is 11.7 Å². The van der Waals surface area contributed by atoms with E-state index in [2.05, 4.69) is 57.5 Å². The molecule has 4 heterocycles. The number of nitrogens with one attached hydrogen (secondary N) is 1. The van der Waals surface area contributed by atoms with Crippen molar-refractivity contribution in [1.29, 1.82) is 0 Å². The molecule has 5 N–H and O–H groups in total. The molecule has 0 spiro atoms. The SMILES string of the molecule is CCCCN1CCc2ccc(N=C(N)c3cccs3)cc2C1.NC(=Nc1ccc2c(c1)CNCC2)c1cccs1. The Morgan fingerprint density at radius 1 is 0.825 bits per heavy atom. The van der Waals surface area contributed by atoms with Gasteiger partial charge in [0.15, 0.2) is 0 Å². The second-order valence-electron chi connectivity index (χ2n) is 10.2. The Balaban J connectivity index is 0.000000164. The molecule has 0 atom stereocenters. The lowest BCUT2D eigenvalue weighted by Crippen LogP contribution is -2.31. The van der Waals surface area contributed by atoms with E-state index in [-0.39, 0.29) is 0 Å². The molecule has 40 heavy (non-hydrogen) atoms. The number of thiophene rings is 2. The van der Waals surface area contributed by atoms with Gasteiger partial charge in [-0.3, -0.25) is 4.90 Å². The number of hydrogen-bond acceptors (Lipinski definition) is 6. The Hall–Kier alpha value is -3.30. The van der Waals surface area contributed by atoms with Crippen molar-refractivity contribution in [3.63, 3.8) is 0 Å². The van der Waals surface area contributed by atoms with Crippen molar-refractivity contribution in [2.45, 2.75) is 45.7 Å². The predicted octanol–water partition coefficient (Wildman–Crippen LogP) is 6.37. The van der Waals surface area contributed by atoms with Crippen molar-refractivity contribution in [1.82, 2.24) is 10.2 Å². The standard InChI is InChI=1S/C18H23N3S.C14H15N3S/c1-2-3-9-21-10-8-14-6-7-16(12-15(14)13-21)20-18(19)17-5-4-11-22-17;15-14(13-2-1-7-18-13)17-12-4-3-10-5-6-16-9-11(10)8-12/h4-7,11-12H,2-3,8-10,13H2,1H3,(H2,19,20);1-4,7-8,16H,5-6,9H2,(H2,15,17). The molecule has 8 heteroatoms. The molecule has 4 aromatic rings. The molecule has 0 unspecified atom stereocenters. The molecule has 208 valence electrons. The topological polar surface area (TPSA) is 92.0 Å². The summed E-state index contributed by atoms with van der Waals surface area (Å²) in [7, 11) is 0. The van der Waals surface area contributed by atoms with E-state index in [1.807, 2.05) is 41.1 Å². The van der Waals surface area contributed by atoms with Crippen LogP contribution in [-0.2, 0) is 25.9 Å². The van der Waals surface area contributed by atoms with Gasteiger partial charge in [0.25, 0.3) is 0 Å². The fourth-order valence-electron chi connectivity index (χ4n) is 5.02. The Kier molecular flexibility index (Phi) is 9.78. The zero-order chi connectivity index (χ0) is 27.7. The number of fused-ring (bicyclic) bond motifs is 2. The van der Waals surface area contributed by atoms with Crippen LogP contribution in [0.1, 0.15) is 51.8 Å². The van der Waals surface area contributed by atoms with Gasteiger partial charge in [0.05, 0.1) is 21.1 Å². The Bertz CT molecular complexity index is 1440. The van der Waals surface area contributed by atoms with Gasteiger partial charge in [-0.2, -0.15) is 0 Å². The lowest BCUT2D eigenvalue weighted by atomic mass is 9.99. The molecule has 0 saturated heterocycles. The molecule has 6 nitrogen and oxygen atoms in total. The summed E-state index contributed by atoms with van der Waals surface area (Å²) in [4.78, 5) is 13.7. The van der Waals surface area contributed by atoms with Gasteiger partial charge >= 0.3 is 0 Å². The monoisotopic (exact) mass is 570 g/mol. The van der Waals surface area contributed by atoms with Gasteiger partial charge in [0.1, 0.15) is 11.7 Å². The molecule has 6 rings (SSSR count). The summed E-state index contributed by atoms with van der Waals surface area (Å²) in [6.45, 7) is 7.65. The zero-order valence-corrected chi connectivity index (χ0v) is 24.7. The second-order valence-corrected chi connectivity index (χ2v) is 12.1. The lowest BCUT2D eigenvalue weighted by Gasteiger charge is -2.28. The molecule has 2 aliphatic rings. The molecule has 2 aromatic carbocycles. The Morgan fingerprint density at radius 3 is 2.05 bits per heavy atom. The van der Waals surface area contributed by atoms with Crippen LogP contribution >= 0.6 is 22.7 Å². The van der Waals surface area contributed by atoms with Gasteiger partial charge in [0, 0.05) is 19.6 Å². The number of aliphatic imine (C=N–C) groups is 2. The van der Waals surface area contributed by atoms with Crippen LogP contribution in [-0.4, -0.2) is 36.2 Å². The van der Waals surface area contributed by atoms with E-state index < -0.39 is 0 Å². The second kappa shape index (κ2) is 13.9. The fraction of sp³-hybridized carbons (Fsp3) is 0.312. The van der Waals surface area contributed by atoms with Gasteiger partial charge in [-0.25, -0.2) is 9.98 Å². The summed E-state index contributed by atoms with van der Waals surface area (Å²) < 4.78 is 0. The maximum atomic E-state index is 6.09. The maximum absolute atomic E-state index is 6.09. The summed E-state index contributed by atoms with van der Waals surface area (Å²) in [5.41, 5.74) is 19.6. The minimum absolute atomic E-state index is 0.591. The van der Waals surface area contributed by atoms with Gasteiger partial charge in [-0.1, -0.05) is 37.6 Å². The highest BCUT2D eigenvalue weighted by Gasteiger charge is 2.16. The number of unbranched alkanes of at least 4 members (excludes halogenated alkanes) is 1. The van der Waals surface area contributed by atoms with E-state index in [4.69, 9.17) is 11.5 Å². The number of amidine groups is 2. The number of nitrogens with zero attached hydrogens (tertiary/aromatic N) is 3. The summed E-state index contributed by atoms with van der Waals surface area (Å²) in [5, 5.41) is 7.40. The number of hydrogen-bond donors (Lipinski definition) is 3. The molecular formula is C32H38N6S2. The van der Waals surface area contributed by atoms with Crippen LogP contribution in [0.25, 0.3) is 0 Å². The van der Waals surface area contributed by atoms with E-state index in [0.717, 1.165) is 53.6 Å². The van der Waals surface area contributed by atoms with E-state index in [9.17, 15) is 0 Å². The van der Waals surface area contributed by atoms with Gasteiger partial charge in [0.2, 0.25) is 0 Å². The van der Waals surface area contributed by atoms with Crippen LogP contribution < -0.4 is 16.8 Å². The molecule has 2 aromatic heterocycles. The van der Waals surface area contributed by atoms with Gasteiger partial charge < -0.3 is 16.8 Å². The van der Waals surface area contributed by atoms with Crippen molar-refractivity contribution >= 4 is 45.7 Å². The molecule has 0 fully saturated rings. The third-order valence-electron chi connectivity index (χ3n) is 7.23. The smallest absolute Gasteiger partial charge is 0.141 e. The van der Waals surface area contributed by atoms with Crippen LogP contribution in [0.3, 0.4) is 0 Å². The number of nitrogens with two attached hydrogens (primary N) is 2. The van der Waals surface area contributed by atoms with Gasteiger partial charge in [-0.15, -0.1) is 22.7 Å². The van der Waals surface area contributed by atoms with Crippen LogP contribution in [0.5, 0.6) is 0 Å². The van der Waals surface area contributed by atoms with Crippen LogP contribution in [0.15, 0.2) is 81.4 Å². The Morgan fingerprint density at radius 2 is 1.45 bits per heavy atom. The first-order chi connectivity index (χ1) is 19.6. The van der Waals surface area contributed by atoms with Crippen LogP contribution in [0, 0.1) is 0 Å². The minimum atomic E-state index is 0.591. The van der Waals surface area contributed by atoms with Crippen molar-refractivity contribution in [3.8, 4) is 0 Å². The zero-order valence-electron chi connectivity index (χ0n) is 23.1. The molecule has 2 aliphatic heterocycles. The van der Waals surface area contributed by atoms with Crippen molar-refractivity contribution in [2.75, 3.05) is 19.6 Å². The molecule has 0 bridgehead atoms. The van der Waals surface area contributed by atoms with Crippen molar-refractivity contribution < 1.29 is 0 Å². The van der Waals surface area contributed by atoms with E-state index in [1.165, 1.54) is 48.2 Å². The quantitative estimate of drug-likeness (QED) is 0.178. The van der Waals surface area contributed by atoms with E-state index >= 15 is 0 Å². The highest BCUT2D eigenvalue weighted by Crippen LogP contribution is 2.25. The Labute approximate surface area is 245 Å². The minimum Gasteiger partial charge on any atom is -0.383 e. The summed E-state index contributed by atoms with van der Waals surface area (Å²) in [5.74, 6) is 1.20. The van der Waals surface area contributed by atoms with E-state index in [1.54, 1.807) is 22.7 Å². The normalized spacial score (nSPS) is 15.6. The third-order valence-corrected chi connectivity index (χ3v) is 9.02. The summed E-state index contributed by atoms with van der Waals surface area (Å²) in [6.07, 6.45) is 4.77. The average molecular weight is 571 g/mol. The maximum Gasteiger partial charge on any atom is 0.141 e. The molecule has 0 saturated carbocycles. The van der Waals surface area contributed by atoms with Gasteiger partial charge in [-0.05, 0) is 102 Å². The predicted molar refractivity (Wildman–Crippen MR) is 172 cm³/mol. The van der Waals surface area contributed by atoms with Crippen LogP contribution in [0.2, 0.25) is 0 Å². The highest BCUT2D eigenvalue weighted by atomic mass is 32.1. The molecule has 0 amide bonds. The summed E-state index contributed by atoms with van der Waals surface area (Å²) in [6, 6.07) is 20.8. The highest BCUT2D eigenvalue weighted by molar-refractivity contribution is 7.12. The number of benzene rings is 2. The van der Waals surface area contributed by atoms with Crippen molar-refractivity contribution in [2.24, 2.45) is 21.5 Å². The van der Waals surface area contributed by atoms with Crippen LogP contribution in [0.4, 0.5) is 11.4 Å². The third kappa shape index (κ3) is 7.46. The molecule has 0 aliphatic carbocycles. The fourth-order valence-corrected chi connectivity index (χ4v) is 6.27. The lowest BCUT2D eigenvalue weighted by molar-refractivity contribution is 0.250. The number of rotatable bonds is 7. The first kappa shape index (κ1) is 28.2. The molecule has 0 radical (unpaired) electrons. The first-order valence-corrected chi connectivity index (χ1v) is 15.8.